The fourth-order valence-electron chi connectivity index (χ4n) is 2.78. The molecule has 0 aliphatic rings. The minimum absolute atomic E-state index is 0.106. The van der Waals surface area contributed by atoms with E-state index >= 15 is 0 Å². The second-order valence-corrected chi connectivity index (χ2v) is 9.79. The van der Waals surface area contributed by atoms with E-state index in [0.717, 1.165) is 21.0 Å². The molecule has 6 nitrogen and oxygen atoms in total. The van der Waals surface area contributed by atoms with Crippen LogP contribution in [0.3, 0.4) is 0 Å². The van der Waals surface area contributed by atoms with E-state index in [2.05, 4.69) is 26.5 Å². The molecular formula is C23H22BrN3O3S. The highest BCUT2D eigenvalue weighted by Gasteiger charge is 2.27. The Morgan fingerprint density at radius 2 is 1.61 bits per heavy atom. The van der Waals surface area contributed by atoms with Crippen LogP contribution in [-0.4, -0.2) is 27.1 Å². The predicted octanol–water partition coefficient (Wildman–Crippen LogP) is 4.41. The van der Waals surface area contributed by atoms with Crippen molar-refractivity contribution in [2.45, 2.75) is 18.7 Å². The van der Waals surface area contributed by atoms with Gasteiger partial charge < -0.3 is 0 Å². The van der Waals surface area contributed by atoms with Crippen LogP contribution in [0.15, 0.2) is 87.3 Å². The summed E-state index contributed by atoms with van der Waals surface area (Å²) in [5.74, 6) is -0.556. The molecule has 31 heavy (non-hydrogen) atoms. The van der Waals surface area contributed by atoms with Gasteiger partial charge in [0.25, 0.3) is 15.9 Å². The summed E-state index contributed by atoms with van der Waals surface area (Å²) >= 11 is 3.36. The number of anilines is 1. The summed E-state index contributed by atoms with van der Waals surface area (Å²) in [6.07, 6.45) is 1.51. The van der Waals surface area contributed by atoms with Crippen LogP contribution in [0.5, 0.6) is 0 Å². The second kappa shape index (κ2) is 9.89. The molecule has 1 amide bonds. The molecule has 0 radical (unpaired) electrons. The van der Waals surface area contributed by atoms with E-state index < -0.39 is 22.5 Å². The van der Waals surface area contributed by atoms with Crippen molar-refractivity contribution in [1.82, 2.24) is 5.43 Å². The number of hydrazone groups is 1. The summed E-state index contributed by atoms with van der Waals surface area (Å²) in [7, 11) is -3.96. The lowest BCUT2D eigenvalue weighted by molar-refractivity contribution is -0.119. The van der Waals surface area contributed by atoms with Crippen molar-refractivity contribution in [2.24, 2.45) is 5.10 Å². The number of aryl methyl sites for hydroxylation is 2. The Balaban J connectivity index is 1.83. The number of carbonyl (C=O) groups is 1. The van der Waals surface area contributed by atoms with Crippen LogP contribution in [0.1, 0.15) is 16.7 Å². The highest BCUT2D eigenvalue weighted by molar-refractivity contribution is 9.10. The van der Waals surface area contributed by atoms with Crippen molar-refractivity contribution in [3.63, 3.8) is 0 Å². The summed E-state index contributed by atoms with van der Waals surface area (Å²) in [5.41, 5.74) is 5.65. The van der Waals surface area contributed by atoms with E-state index in [1.54, 1.807) is 36.4 Å². The maximum atomic E-state index is 13.3. The average molecular weight is 500 g/mol. The van der Waals surface area contributed by atoms with Crippen LogP contribution in [0.2, 0.25) is 0 Å². The van der Waals surface area contributed by atoms with Gasteiger partial charge in [0, 0.05) is 4.47 Å². The number of nitrogens with zero attached hydrogens (tertiary/aromatic N) is 2. The fourth-order valence-corrected chi connectivity index (χ4v) is 4.58. The average Bonchev–Trinajstić information content (AvgIpc) is 2.73. The number of carbonyl (C=O) groups excluding carboxylic acids is 1. The number of halogens is 1. The van der Waals surface area contributed by atoms with E-state index in [-0.39, 0.29) is 4.90 Å². The lowest BCUT2D eigenvalue weighted by atomic mass is 10.2. The third-order valence-electron chi connectivity index (χ3n) is 4.47. The molecule has 0 heterocycles. The minimum atomic E-state index is -3.96. The molecule has 160 valence electrons. The van der Waals surface area contributed by atoms with Crippen molar-refractivity contribution in [3.8, 4) is 0 Å². The third kappa shape index (κ3) is 6.02. The van der Waals surface area contributed by atoms with Crippen molar-refractivity contribution in [1.29, 1.82) is 0 Å². The summed E-state index contributed by atoms with van der Waals surface area (Å²) in [6.45, 7) is 3.44. The normalized spacial score (nSPS) is 11.5. The smallest absolute Gasteiger partial charge is 0.264 e. The lowest BCUT2D eigenvalue weighted by Crippen LogP contribution is -2.39. The Morgan fingerprint density at radius 1 is 1.00 bits per heavy atom. The maximum Gasteiger partial charge on any atom is 0.264 e. The Labute approximate surface area is 190 Å². The molecule has 0 atom stereocenters. The van der Waals surface area contributed by atoms with Crippen LogP contribution in [0, 0.1) is 13.8 Å². The molecule has 3 aromatic carbocycles. The van der Waals surface area contributed by atoms with Gasteiger partial charge in [0.2, 0.25) is 0 Å². The van der Waals surface area contributed by atoms with Gasteiger partial charge in [-0.2, -0.15) is 5.10 Å². The van der Waals surface area contributed by atoms with Gasteiger partial charge in [-0.25, -0.2) is 13.8 Å². The van der Waals surface area contributed by atoms with Crippen LogP contribution >= 0.6 is 15.9 Å². The highest BCUT2D eigenvalue weighted by Crippen LogP contribution is 2.26. The summed E-state index contributed by atoms with van der Waals surface area (Å²) < 4.78 is 28.4. The van der Waals surface area contributed by atoms with E-state index in [1.807, 2.05) is 38.1 Å². The molecule has 0 aliphatic carbocycles. The largest absolute Gasteiger partial charge is 0.271 e. The van der Waals surface area contributed by atoms with Crippen LogP contribution in [-0.2, 0) is 14.8 Å². The van der Waals surface area contributed by atoms with Gasteiger partial charge in [-0.3, -0.25) is 9.10 Å². The Morgan fingerprint density at radius 3 is 2.23 bits per heavy atom. The molecular weight excluding hydrogens is 478 g/mol. The molecule has 0 aromatic heterocycles. The van der Waals surface area contributed by atoms with Crippen LogP contribution in [0.4, 0.5) is 5.69 Å². The quantitative estimate of drug-likeness (QED) is 0.386. The molecule has 0 saturated carbocycles. The van der Waals surface area contributed by atoms with Gasteiger partial charge in [0.15, 0.2) is 0 Å². The summed E-state index contributed by atoms with van der Waals surface area (Å²) in [4.78, 5) is 12.7. The minimum Gasteiger partial charge on any atom is -0.271 e. The van der Waals surface area contributed by atoms with E-state index in [4.69, 9.17) is 0 Å². The van der Waals surface area contributed by atoms with Crippen molar-refractivity contribution >= 4 is 43.8 Å². The molecule has 0 aliphatic heterocycles. The molecule has 0 saturated heterocycles. The second-order valence-electron chi connectivity index (χ2n) is 7.01. The first-order valence-corrected chi connectivity index (χ1v) is 11.7. The Kier molecular flexibility index (Phi) is 7.25. The van der Waals surface area contributed by atoms with Gasteiger partial charge in [-0.15, -0.1) is 0 Å². The van der Waals surface area contributed by atoms with Gasteiger partial charge in [-0.1, -0.05) is 69.5 Å². The van der Waals surface area contributed by atoms with Crippen molar-refractivity contribution < 1.29 is 13.2 Å². The first-order chi connectivity index (χ1) is 14.8. The Hall–Kier alpha value is -2.97. The maximum absolute atomic E-state index is 13.3. The van der Waals surface area contributed by atoms with Gasteiger partial charge in [0.05, 0.1) is 16.8 Å². The summed E-state index contributed by atoms with van der Waals surface area (Å²) in [6, 6.07) is 20.9. The van der Waals surface area contributed by atoms with Crippen LogP contribution < -0.4 is 9.73 Å². The predicted molar refractivity (Wildman–Crippen MR) is 127 cm³/mol. The number of amides is 1. The van der Waals surface area contributed by atoms with Gasteiger partial charge in [0.1, 0.15) is 6.54 Å². The highest BCUT2D eigenvalue weighted by atomic mass is 79.9. The number of hydrogen-bond acceptors (Lipinski definition) is 4. The zero-order chi connectivity index (χ0) is 22.4. The van der Waals surface area contributed by atoms with Gasteiger partial charge >= 0.3 is 0 Å². The van der Waals surface area contributed by atoms with E-state index in [9.17, 15) is 13.2 Å². The standard InChI is InChI=1S/C23H22BrN3O3S/c1-17-6-10-19(11-7-17)15-25-26-23(28)16-27(21-5-3-4-20(24)14-21)31(29,30)22-12-8-18(2)9-13-22/h3-15H,16H2,1-2H3,(H,26,28)/b25-15-. The Bertz CT molecular complexity index is 1190. The number of rotatable bonds is 7. The van der Waals surface area contributed by atoms with Gasteiger partial charge in [-0.05, 0) is 49.7 Å². The summed E-state index contributed by atoms with van der Waals surface area (Å²) in [5, 5.41) is 3.95. The zero-order valence-corrected chi connectivity index (χ0v) is 19.5. The van der Waals surface area contributed by atoms with Crippen molar-refractivity contribution in [3.05, 3.63) is 94.0 Å². The molecule has 0 bridgehead atoms. The fraction of sp³-hybridized carbons (Fsp3) is 0.130. The monoisotopic (exact) mass is 499 g/mol. The number of nitrogens with one attached hydrogen (secondary N) is 1. The van der Waals surface area contributed by atoms with Crippen molar-refractivity contribution in [2.75, 3.05) is 10.8 Å². The number of sulfonamides is 1. The molecule has 3 aromatic rings. The SMILES string of the molecule is Cc1ccc(/C=N\NC(=O)CN(c2cccc(Br)c2)S(=O)(=O)c2ccc(C)cc2)cc1. The molecule has 8 heteroatoms. The lowest BCUT2D eigenvalue weighted by Gasteiger charge is -2.24. The first-order valence-electron chi connectivity index (χ1n) is 9.49. The first kappa shape index (κ1) is 22.7. The number of hydrogen-bond donors (Lipinski definition) is 1. The van der Waals surface area contributed by atoms with E-state index in [0.29, 0.717) is 10.2 Å². The topological polar surface area (TPSA) is 78.8 Å². The number of benzene rings is 3. The zero-order valence-electron chi connectivity index (χ0n) is 17.1. The molecule has 0 spiro atoms. The molecule has 0 fully saturated rings. The van der Waals surface area contributed by atoms with Crippen LogP contribution in [0.25, 0.3) is 0 Å². The van der Waals surface area contributed by atoms with E-state index in [1.165, 1.54) is 18.3 Å². The molecule has 3 rings (SSSR count). The third-order valence-corrected chi connectivity index (χ3v) is 6.75. The molecule has 1 N–H and O–H groups in total. The molecule has 0 unspecified atom stereocenters.